The monoisotopic (exact) mass is 414 g/mol. The van der Waals surface area contributed by atoms with Crippen LogP contribution in [0.1, 0.15) is 5.56 Å². The summed E-state index contributed by atoms with van der Waals surface area (Å²) < 4.78 is 45.1. The van der Waals surface area contributed by atoms with Crippen molar-refractivity contribution < 1.29 is 17.5 Å². The predicted molar refractivity (Wildman–Crippen MR) is 101 cm³/mol. The molecule has 0 aliphatic carbocycles. The van der Waals surface area contributed by atoms with Gasteiger partial charge in [0.25, 0.3) is 0 Å². The Bertz CT molecular complexity index is 1020. The Labute approximate surface area is 160 Å². The summed E-state index contributed by atoms with van der Waals surface area (Å²) in [6.07, 6.45) is 2.43. The fourth-order valence-electron chi connectivity index (χ4n) is 2.18. The average molecular weight is 415 g/mol. The molecule has 0 amide bonds. The number of ether oxygens (including phenoxy) is 1. The lowest BCUT2D eigenvalue weighted by Crippen LogP contribution is -2.11. The molecule has 0 spiro atoms. The van der Waals surface area contributed by atoms with Crippen LogP contribution >= 0.6 is 23.2 Å². The van der Waals surface area contributed by atoms with Crippen LogP contribution in [0.4, 0.5) is 10.1 Å². The zero-order chi connectivity index (χ0) is 19.5. The van der Waals surface area contributed by atoms with Gasteiger partial charge in [-0.15, -0.1) is 0 Å². The largest absolute Gasteiger partial charge is 0.488 e. The molecule has 0 aliphatic rings. The van der Waals surface area contributed by atoms with Crippen LogP contribution in [0.3, 0.4) is 0 Å². The highest BCUT2D eigenvalue weighted by molar-refractivity contribution is 7.92. The summed E-state index contributed by atoms with van der Waals surface area (Å²) >= 11 is 12.4. The maximum Gasteiger partial charge on any atom is 0.229 e. The Morgan fingerprint density at radius 1 is 1.38 bits per heavy atom. The van der Waals surface area contributed by atoms with E-state index in [0.29, 0.717) is 0 Å². The summed E-state index contributed by atoms with van der Waals surface area (Å²) in [5, 5.41) is 9.17. The van der Waals surface area contributed by atoms with Gasteiger partial charge in [0.1, 0.15) is 24.2 Å². The van der Waals surface area contributed by atoms with Crippen LogP contribution in [0.15, 0.2) is 36.9 Å². The van der Waals surface area contributed by atoms with Crippen molar-refractivity contribution in [3.63, 3.8) is 0 Å². The molecule has 26 heavy (non-hydrogen) atoms. The number of anilines is 1. The average Bonchev–Trinajstić information content (AvgIpc) is 2.55. The number of nitriles is 1. The minimum Gasteiger partial charge on any atom is -0.488 e. The van der Waals surface area contributed by atoms with E-state index >= 15 is 0 Å². The number of nitrogens with zero attached hydrogens (tertiary/aromatic N) is 1. The molecule has 0 saturated heterocycles. The van der Waals surface area contributed by atoms with Crippen LogP contribution in [-0.4, -0.2) is 21.3 Å². The summed E-state index contributed by atoms with van der Waals surface area (Å²) in [7, 11) is -3.67. The minimum atomic E-state index is -3.67. The molecule has 0 aromatic heterocycles. The van der Waals surface area contributed by atoms with Gasteiger partial charge in [-0.2, -0.15) is 5.26 Å². The number of hydrogen-bond acceptors (Lipinski definition) is 4. The maximum atomic E-state index is 14.4. The molecule has 0 saturated carbocycles. The Morgan fingerprint density at radius 2 is 2.08 bits per heavy atom. The first-order chi connectivity index (χ1) is 12.2. The van der Waals surface area contributed by atoms with E-state index in [2.05, 4.69) is 11.3 Å². The molecule has 136 valence electrons. The quantitative estimate of drug-likeness (QED) is 0.699. The fourth-order valence-corrected chi connectivity index (χ4v) is 3.32. The van der Waals surface area contributed by atoms with Crippen molar-refractivity contribution in [3.05, 3.63) is 58.3 Å². The van der Waals surface area contributed by atoms with E-state index in [1.54, 1.807) is 0 Å². The van der Waals surface area contributed by atoms with Crippen LogP contribution in [0.2, 0.25) is 10.0 Å². The Morgan fingerprint density at radius 3 is 2.65 bits per heavy atom. The van der Waals surface area contributed by atoms with E-state index in [1.165, 1.54) is 24.3 Å². The zero-order valence-electron chi connectivity index (χ0n) is 13.5. The number of sulfonamides is 1. The first-order valence-corrected chi connectivity index (χ1v) is 9.76. The molecule has 0 unspecified atom stereocenters. The van der Waals surface area contributed by atoms with Gasteiger partial charge in [-0.05, 0) is 24.3 Å². The summed E-state index contributed by atoms with van der Waals surface area (Å²) in [5.74, 6) is -0.473. The Hall–Kier alpha value is -2.27. The second-order valence-corrected chi connectivity index (χ2v) is 7.73. The van der Waals surface area contributed by atoms with Crippen molar-refractivity contribution in [2.45, 2.75) is 0 Å². The molecule has 9 heteroatoms. The number of nitrogens with one attached hydrogen (secondary N) is 1. The van der Waals surface area contributed by atoms with Crippen LogP contribution in [-0.2, 0) is 10.0 Å². The molecule has 5 nitrogen and oxygen atoms in total. The first-order valence-electron chi connectivity index (χ1n) is 7.11. The molecule has 0 radical (unpaired) electrons. The highest BCUT2D eigenvalue weighted by Gasteiger charge is 2.20. The normalized spacial score (nSPS) is 10.9. The summed E-state index contributed by atoms with van der Waals surface area (Å²) in [6, 6.07) is 6.83. The van der Waals surface area contributed by atoms with Crippen molar-refractivity contribution >= 4 is 38.9 Å². The van der Waals surface area contributed by atoms with Crippen LogP contribution in [0.25, 0.3) is 11.1 Å². The standard InChI is InChI=1S/C17H13Cl2FN2O3S/c1-3-6-25-15-5-4-13(20)16(17(15)19)11-8-14(22-26(2,23)24)10(9-21)7-12(11)18/h3-5,7-8,22H,1,6H2,2H3. The van der Waals surface area contributed by atoms with Crippen molar-refractivity contribution in [2.24, 2.45) is 0 Å². The van der Waals surface area contributed by atoms with Gasteiger partial charge in [-0.25, -0.2) is 12.8 Å². The van der Waals surface area contributed by atoms with Crippen LogP contribution in [0, 0.1) is 17.1 Å². The number of rotatable bonds is 6. The molecule has 1 N–H and O–H groups in total. The molecule has 0 fully saturated rings. The van der Waals surface area contributed by atoms with Gasteiger partial charge in [0.05, 0.1) is 27.6 Å². The van der Waals surface area contributed by atoms with Gasteiger partial charge in [0.15, 0.2) is 0 Å². The molecule has 0 atom stereocenters. The van der Waals surface area contributed by atoms with Crippen LogP contribution < -0.4 is 9.46 Å². The van der Waals surface area contributed by atoms with Gasteiger partial charge in [-0.3, -0.25) is 4.72 Å². The lowest BCUT2D eigenvalue weighted by Gasteiger charge is -2.15. The van der Waals surface area contributed by atoms with Crippen molar-refractivity contribution in [2.75, 3.05) is 17.6 Å². The highest BCUT2D eigenvalue weighted by atomic mass is 35.5. The molecular formula is C17H13Cl2FN2O3S. The van der Waals surface area contributed by atoms with Gasteiger partial charge < -0.3 is 4.74 Å². The number of halogens is 3. The van der Waals surface area contributed by atoms with E-state index in [9.17, 15) is 18.1 Å². The number of hydrogen-bond donors (Lipinski definition) is 1. The lowest BCUT2D eigenvalue weighted by molar-refractivity contribution is 0.363. The van der Waals surface area contributed by atoms with E-state index < -0.39 is 15.8 Å². The third-order valence-corrected chi connectivity index (χ3v) is 4.48. The van der Waals surface area contributed by atoms with Gasteiger partial charge >= 0.3 is 0 Å². The van der Waals surface area contributed by atoms with E-state index in [1.807, 2.05) is 6.07 Å². The molecular weight excluding hydrogens is 402 g/mol. The summed E-state index contributed by atoms with van der Waals surface area (Å²) in [6.45, 7) is 3.68. The van der Waals surface area contributed by atoms with Crippen molar-refractivity contribution in [1.29, 1.82) is 5.26 Å². The van der Waals surface area contributed by atoms with E-state index in [-0.39, 0.29) is 44.8 Å². The minimum absolute atomic E-state index is 0.0141. The number of benzene rings is 2. The fraction of sp³-hybridized carbons (Fsp3) is 0.118. The summed E-state index contributed by atoms with van der Waals surface area (Å²) in [4.78, 5) is 0. The second-order valence-electron chi connectivity index (χ2n) is 5.20. The Kier molecular flexibility index (Phi) is 6.13. The Balaban J connectivity index is 2.70. The SMILES string of the molecule is C=CCOc1ccc(F)c(-c2cc(NS(C)(=O)=O)c(C#N)cc2Cl)c1Cl. The highest BCUT2D eigenvalue weighted by Crippen LogP contribution is 2.42. The molecule has 2 aromatic carbocycles. The molecule has 0 heterocycles. The van der Waals surface area contributed by atoms with E-state index in [0.717, 1.165) is 12.3 Å². The first kappa shape index (κ1) is 20.0. The maximum absolute atomic E-state index is 14.4. The third kappa shape index (κ3) is 4.47. The molecule has 2 aromatic rings. The van der Waals surface area contributed by atoms with Gasteiger partial charge in [-0.1, -0.05) is 35.9 Å². The van der Waals surface area contributed by atoms with Crippen molar-refractivity contribution in [1.82, 2.24) is 0 Å². The van der Waals surface area contributed by atoms with Crippen LogP contribution in [0.5, 0.6) is 5.75 Å². The third-order valence-electron chi connectivity index (χ3n) is 3.20. The molecule has 0 bridgehead atoms. The summed E-state index contributed by atoms with van der Waals surface area (Å²) in [5.41, 5.74) is -0.00955. The lowest BCUT2D eigenvalue weighted by atomic mass is 10.0. The second kappa shape index (κ2) is 7.96. The van der Waals surface area contributed by atoms with Gasteiger partial charge in [0.2, 0.25) is 10.0 Å². The topological polar surface area (TPSA) is 79.2 Å². The molecule has 0 aliphatic heterocycles. The van der Waals surface area contributed by atoms with Crippen molar-refractivity contribution in [3.8, 4) is 22.9 Å². The van der Waals surface area contributed by atoms with E-state index in [4.69, 9.17) is 27.9 Å². The smallest absolute Gasteiger partial charge is 0.229 e. The zero-order valence-corrected chi connectivity index (χ0v) is 15.8. The van der Waals surface area contributed by atoms with Gasteiger partial charge in [0, 0.05) is 11.1 Å². The molecule has 2 rings (SSSR count). The predicted octanol–water partition coefficient (Wildman–Crippen LogP) is 4.61.